The first-order valence-electron chi connectivity index (χ1n) is 13.1. The van der Waals surface area contributed by atoms with Crippen LogP contribution in [-0.2, 0) is 10.2 Å². The van der Waals surface area contributed by atoms with Crippen molar-refractivity contribution in [1.29, 1.82) is 0 Å². The topological polar surface area (TPSA) is 95.9 Å². The quantitative estimate of drug-likeness (QED) is 0.253. The van der Waals surface area contributed by atoms with Gasteiger partial charge in [0.05, 0.1) is 5.60 Å². The number of rotatable bonds is 12. The van der Waals surface area contributed by atoms with Crippen LogP contribution < -0.4 is 10.1 Å². The fraction of sp³-hybridized carbons (Fsp3) is 0.467. The van der Waals surface area contributed by atoms with Gasteiger partial charge >= 0.3 is 5.97 Å². The number of fused-ring (bicyclic) bond motifs is 1. The van der Waals surface area contributed by atoms with Gasteiger partial charge < -0.3 is 20.3 Å². The van der Waals surface area contributed by atoms with Crippen LogP contribution in [0.1, 0.15) is 86.7 Å². The third-order valence-electron chi connectivity index (χ3n) is 7.72. The van der Waals surface area contributed by atoms with Gasteiger partial charge in [0.1, 0.15) is 18.4 Å². The Balaban J connectivity index is 1.93. The molecule has 200 valence electrons. The van der Waals surface area contributed by atoms with Gasteiger partial charge in [0.2, 0.25) is 0 Å². The molecule has 0 aliphatic carbocycles. The van der Waals surface area contributed by atoms with Gasteiger partial charge in [0, 0.05) is 20.6 Å². The van der Waals surface area contributed by atoms with Crippen LogP contribution >= 0.6 is 11.3 Å². The number of aryl methyl sites for hydroxylation is 1. The number of carbonyl (C=O) groups excluding carboxylic acids is 1. The van der Waals surface area contributed by atoms with Crippen molar-refractivity contribution in [2.45, 2.75) is 84.3 Å². The molecule has 0 spiro atoms. The maximum Gasteiger partial charge on any atom is 0.325 e. The number of carbonyl (C=O) groups is 2. The van der Waals surface area contributed by atoms with Crippen molar-refractivity contribution in [2.24, 2.45) is 0 Å². The summed E-state index contributed by atoms with van der Waals surface area (Å²) < 4.78 is 7.02. The third kappa shape index (κ3) is 5.99. The summed E-state index contributed by atoms with van der Waals surface area (Å²) in [4.78, 5) is 24.9. The summed E-state index contributed by atoms with van der Waals surface area (Å²) in [6.07, 6.45) is 3.10. The third-order valence-corrected chi connectivity index (χ3v) is 9.02. The van der Waals surface area contributed by atoms with E-state index in [-0.39, 0.29) is 12.0 Å². The predicted molar refractivity (Wildman–Crippen MR) is 150 cm³/mol. The molecular formula is C30H39NO5S. The van der Waals surface area contributed by atoms with Crippen LogP contribution in [0.25, 0.3) is 10.1 Å². The highest BCUT2D eigenvalue weighted by Crippen LogP contribution is 2.45. The van der Waals surface area contributed by atoms with Crippen LogP contribution in [-0.4, -0.2) is 40.3 Å². The molecule has 0 aliphatic rings. The molecule has 37 heavy (non-hydrogen) atoms. The maximum atomic E-state index is 12.6. The zero-order valence-electron chi connectivity index (χ0n) is 22.7. The summed E-state index contributed by atoms with van der Waals surface area (Å²) in [6, 6.07) is 13.1. The second kappa shape index (κ2) is 11.7. The van der Waals surface area contributed by atoms with Crippen molar-refractivity contribution in [3.8, 4) is 5.75 Å². The van der Waals surface area contributed by atoms with Crippen LogP contribution in [0, 0.1) is 6.92 Å². The van der Waals surface area contributed by atoms with Crippen LogP contribution in [0.2, 0.25) is 0 Å². The van der Waals surface area contributed by atoms with Crippen molar-refractivity contribution in [3.63, 3.8) is 0 Å². The van der Waals surface area contributed by atoms with Crippen molar-refractivity contribution in [3.05, 3.63) is 64.0 Å². The molecular weight excluding hydrogens is 486 g/mol. The van der Waals surface area contributed by atoms with Crippen LogP contribution in [0.4, 0.5) is 0 Å². The Morgan fingerprint density at radius 2 is 1.68 bits per heavy atom. The van der Waals surface area contributed by atoms with E-state index in [9.17, 15) is 14.7 Å². The number of amides is 1. The molecule has 1 heterocycles. The van der Waals surface area contributed by atoms with Crippen LogP contribution in [0.5, 0.6) is 5.75 Å². The molecule has 0 unspecified atom stereocenters. The number of thiophene rings is 1. The second-order valence-electron chi connectivity index (χ2n) is 9.89. The number of hydrogen-bond donors (Lipinski definition) is 3. The Morgan fingerprint density at radius 3 is 2.24 bits per heavy atom. The summed E-state index contributed by atoms with van der Waals surface area (Å²) in [6.45, 7) is 12.1. The zero-order chi connectivity index (χ0) is 27.4. The van der Waals surface area contributed by atoms with Gasteiger partial charge in [-0.2, -0.15) is 0 Å². The highest BCUT2D eigenvalue weighted by atomic mass is 32.1. The molecule has 3 aromatic rings. The molecule has 3 rings (SSSR count). The summed E-state index contributed by atoms with van der Waals surface area (Å²) in [7, 11) is 0. The van der Waals surface area contributed by atoms with Crippen molar-refractivity contribution >= 4 is 33.3 Å². The number of aliphatic hydroxyl groups is 1. The molecule has 0 bridgehead atoms. The molecule has 1 atom stereocenters. The van der Waals surface area contributed by atoms with E-state index in [1.165, 1.54) is 17.4 Å². The maximum absolute atomic E-state index is 12.6. The SMILES string of the molecule is CCC(O)(CC)COc1ccc(C(CC)(CC)c2cc3ccc(C(=O)N[C@@H](C)C(=O)O)cc3s2)cc1C. The molecule has 6 nitrogen and oxygen atoms in total. The number of hydrogen-bond acceptors (Lipinski definition) is 5. The second-order valence-corrected chi connectivity index (χ2v) is 11.0. The highest BCUT2D eigenvalue weighted by molar-refractivity contribution is 7.19. The van der Waals surface area contributed by atoms with Gasteiger partial charge in [-0.1, -0.05) is 45.9 Å². The lowest BCUT2D eigenvalue weighted by Crippen LogP contribution is -2.38. The lowest BCUT2D eigenvalue weighted by molar-refractivity contribution is -0.138. The van der Waals surface area contributed by atoms with Gasteiger partial charge in [-0.05, 0) is 80.3 Å². The van der Waals surface area contributed by atoms with Gasteiger partial charge in [-0.3, -0.25) is 9.59 Å². The zero-order valence-corrected chi connectivity index (χ0v) is 23.5. The molecule has 0 radical (unpaired) electrons. The van der Waals surface area contributed by atoms with Crippen LogP contribution in [0.15, 0.2) is 42.5 Å². The van der Waals surface area contributed by atoms with Gasteiger partial charge in [-0.25, -0.2) is 0 Å². The minimum Gasteiger partial charge on any atom is -0.490 e. The monoisotopic (exact) mass is 525 g/mol. The van der Waals surface area contributed by atoms with E-state index < -0.39 is 23.5 Å². The molecule has 0 aliphatic heterocycles. The Labute approximate surface area is 223 Å². The van der Waals surface area contributed by atoms with Gasteiger partial charge in [0.15, 0.2) is 0 Å². The summed E-state index contributed by atoms with van der Waals surface area (Å²) in [5.41, 5.74) is 1.68. The standard InChI is InChI=1S/C30H39NO5S/c1-7-29(35,8-2)18-36-24-14-13-23(15-19(24)5)30(9-3,10-4)26-17-21-11-12-22(16-25(21)37-26)27(32)31-20(6)28(33)34/h11-17,20,35H,7-10,18H2,1-6H3,(H,31,32)(H,33,34)/t20-/m0/s1. The minimum absolute atomic E-state index is 0.194. The van der Waals surface area contributed by atoms with E-state index in [2.05, 4.69) is 37.4 Å². The molecule has 1 aromatic heterocycles. The van der Waals surface area contributed by atoms with E-state index in [0.29, 0.717) is 18.4 Å². The van der Waals surface area contributed by atoms with E-state index in [4.69, 9.17) is 9.84 Å². The Morgan fingerprint density at radius 1 is 1.00 bits per heavy atom. The lowest BCUT2D eigenvalue weighted by atomic mass is 9.74. The summed E-state index contributed by atoms with van der Waals surface area (Å²) in [5.74, 6) is -0.678. The molecule has 1 amide bonds. The Kier molecular flexibility index (Phi) is 9.03. The van der Waals surface area contributed by atoms with E-state index in [0.717, 1.165) is 34.2 Å². The van der Waals surface area contributed by atoms with E-state index in [1.807, 2.05) is 39.0 Å². The first-order chi connectivity index (χ1) is 17.5. The van der Waals surface area contributed by atoms with Crippen molar-refractivity contribution < 1.29 is 24.5 Å². The Hall–Kier alpha value is -2.90. The van der Waals surface area contributed by atoms with Crippen molar-refractivity contribution in [2.75, 3.05) is 6.61 Å². The van der Waals surface area contributed by atoms with Gasteiger partial charge in [-0.15, -0.1) is 11.3 Å². The largest absolute Gasteiger partial charge is 0.490 e. The van der Waals surface area contributed by atoms with Gasteiger partial charge in [0.25, 0.3) is 5.91 Å². The van der Waals surface area contributed by atoms with Crippen molar-refractivity contribution in [1.82, 2.24) is 5.32 Å². The molecule has 3 N–H and O–H groups in total. The van der Waals surface area contributed by atoms with E-state index >= 15 is 0 Å². The number of ether oxygens (including phenoxy) is 1. The molecule has 0 saturated carbocycles. The average Bonchev–Trinajstić information content (AvgIpc) is 3.32. The normalized spacial score (nSPS) is 12.9. The fourth-order valence-electron chi connectivity index (χ4n) is 4.67. The number of aliphatic carboxylic acids is 1. The van der Waals surface area contributed by atoms with Crippen LogP contribution in [0.3, 0.4) is 0 Å². The smallest absolute Gasteiger partial charge is 0.325 e. The first kappa shape index (κ1) is 28.7. The number of nitrogens with one attached hydrogen (secondary N) is 1. The molecule has 0 fully saturated rings. The highest BCUT2D eigenvalue weighted by Gasteiger charge is 2.33. The van der Waals surface area contributed by atoms with E-state index in [1.54, 1.807) is 17.4 Å². The number of benzene rings is 2. The lowest BCUT2D eigenvalue weighted by Gasteiger charge is -2.32. The number of carboxylic acid groups (broad SMARTS) is 1. The Bertz CT molecular complexity index is 1260. The minimum atomic E-state index is -1.07. The predicted octanol–water partition coefficient (Wildman–Crippen LogP) is 6.45. The number of carboxylic acids is 1. The molecule has 0 saturated heterocycles. The summed E-state index contributed by atoms with van der Waals surface area (Å²) in [5, 5.41) is 23.3. The molecule has 2 aromatic carbocycles. The first-order valence-corrected chi connectivity index (χ1v) is 13.9. The summed E-state index contributed by atoms with van der Waals surface area (Å²) >= 11 is 1.67. The fourth-order valence-corrected chi connectivity index (χ4v) is 6.13. The molecule has 7 heteroatoms. The average molecular weight is 526 g/mol.